The van der Waals surface area contributed by atoms with Crippen LogP contribution in [-0.4, -0.2) is 14.0 Å². The number of benzene rings is 7. The minimum absolute atomic E-state index is 0.934. The van der Waals surface area contributed by atoms with Crippen LogP contribution in [0.15, 0.2) is 188 Å². The first-order valence-electron chi connectivity index (χ1n) is 18.6. The molecule has 0 aliphatic carbocycles. The van der Waals surface area contributed by atoms with Gasteiger partial charge in [-0.25, -0.2) is 4.98 Å². The number of pyridine rings is 1. The van der Waals surface area contributed by atoms with Crippen molar-refractivity contribution in [2.45, 2.75) is 13.8 Å². The molecule has 0 amide bonds. The Morgan fingerprint density at radius 3 is 1.98 bits per heavy atom. The highest BCUT2D eigenvalue weighted by Gasteiger charge is 2.19. The Balaban J connectivity index is 1.10. The van der Waals surface area contributed by atoms with E-state index in [1.807, 2.05) is 6.07 Å². The molecule has 0 saturated carbocycles. The molecule has 7 aromatic carbocycles. The molecule has 3 nitrogen and oxygen atoms in total. The second-order valence-electron chi connectivity index (χ2n) is 14.1. The van der Waals surface area contributed by atoms with Crippen molar-refractivity contribution in [3.05, 3.63) is 199 Å². The summed E-state index contributed by atoms with van der Waals surface area (Å²) in [6.45, 7) is 4.46. The smallest absolute Gasteiger partial charge is 0.137 e. The van der Waals surface area contributed by atoms with Gasteiger partial charge in [0.2, 0.25) is 0 Å². The third kappa shape index (κ3) is 5.24. The van der Waals surface area contributed by atoms with Gasteiger partial charge in [0.15, 0.2) is 0 Å². The number of hydrogen-bond donors (Lipinski definition) is 0. The van der Waals surface area contributed by atoms with Crippen LogP contribution < -0.4 is 0 Å². The predicted octanol–water partition coefficient (Wildman–Crippen LogP) is 13.4. The number of para-hydroxylation sites is 2. The van der Waals surface area contributed by atoms with Crippen LogP contribution in [0.1, 0.15) is 11.1 Å². The van der Waals surface area contributed by atoms with Crippen molar-refractivity contribution in [3.8, 4) is 61.6 Å². The topological polar surface area (TPSA) is 22.2 Å². The Labute approximate surface area is 315 Å². The first-order chi connectivity index (χ1) is 26.6. The number of nitrogens with zero attached hydrogens (tertiary/aromatic N) is 3. The summed E-state index contributed by atoms with van der Waals surface area (Å²) in [6, 6.07) is 65.6. The molecular formula is C51H37N3. The largest absolute Gasteiger partial charge is 0.309 e. The first-order valence-corrected chi connectivity index (χ1v) is 18.6. The molecule has 0 aliphatic heterocycles. The van der Waals surface area contributed by atoms with Gasteiger partial charge in [-0.1, -0.05) is 127 Å². The second-order valence-corrected chi connectivity index (χ2v) is 14.1. The van der Waals surface area contributed by atoms with Crippen molar-refractivity contribution in [3.63, 3.8) is 0 Å². The average Bonchev–Trinajstić information content (AvgIpc) is 3.78. The van der Waals surface area contributed by atoms with Gasteiger partial charge in [0.05, 0.1) is 22.4 Å². The maximum Gasteiger partial charge on any atom is 0.137 e. The highest BCUT2D eigenvalue weighted by molar-refractivity contribution is 6.10. The summed E-state index contributed by atoms with van der Waals surface area (Å²) in [5.41, 5.74) is 18.6. The van der Waals surface area contributed by atoms with E-state index >= 15 is 0 Å². The van der Waals surface area contributed by atoms with Gasteiger partial charge in [0, 0.05) is 33.8 Å². The standard InChI is InChI=1S/C51H37N3/c1-34-26-27-37(38-28-29-47-45(33-38)43-22-9-10-24-46(43)54(47)41-20-7-4-8-21-41)32-44(34)49-35(2)15-13-23-42(49)39-18-14-19-40(31-39)50-51(36-16-5-3-6-17-36)53-30-12-11-25-48(53)52-50/h3-33H,1-2H3. The molecule has 0 unspecified atom stereocenters. The van der Waals surface area contributed by atoms with Gasteiger partial charge in [-0.3, -0.25) is 4.40 Å². The molecule has 3 heteroatoms. The number of fused-ring (bicyclic) bond motifs is 4. The van der Waals surface area contributed by atoms with Gasteiger partial charge in [-0.2, -0.15) is 0 Å². The second kappa shape index (κ2) is 12.9. The average molecular weight is 692 g/mol. The highest BCUT2D eigenvalue weighted by atomic mass is 15.0. The van der Waals surface area contributed by atoms with Crippen LogP contribution >= 0.6 is 0 Å². The van der Waals surface area contributed by atoms with Gasteiger partial charge >= 0.3 is 0 Å². The first kappa shape index (κ1) is 31.7. The van der Waals surface area contributed by atoms with E-state index in [4.69, 9.17) is 4.98 Å². The Kier molecular flexibility index (Phi) is 7.59. The van der Waals surface area contributed by atoms with Crippen LogP contribution in [0.25, 0.3) is 89.0 Å². The van der Waals surface area contributed by atoms with Crippen LogP contribution in [-0.2, 0) is 0 Å². The number of hydrogen-bond acceptors (Lipinski definition) is 1. The van der Waals surface area contributed by atoms with E-state index in [1.165, 1.54) is 72.0 Å². The molecule has 54 heavy (non-hydrogen) atoms. The molecule has 0 radical (unpaired) electrons. The molecule has 0 spiro atoms. The maximum atomic E-state index is 5.17. The van der Waals surface area contributed by atoms with E-state index < -0.39 is 0 Å². The molecular weight excluding hydrogens is 655 g/mol. The number of aromatic nitrogens is 3. The van der Waals surface area contributed by atoms with Crippen molar-refractivity contribution in [2.75, 3.05) is 0 Å². The molecule has 3 heterocycles. The summed E-state index contributed by atoms with van der Waals surface area (Å²) in [5.74, 6) is 0. The van der Waals surface area contributed by atoms with Gasteiger partial charge < -0.3 is 4.57 Å². The molecule has 0 N–H and O–H groups in total. The summed E-state index contributed by atoms with van der Waals surface area (Å²) in [7, 11) is 0. The zero-order valence-electron chi connectivity index (χ0n) is 30.2. The Morgan fingerprint density at radius 2 is 1.11 bits per heavy atom. The third-order valence-electron chi connectivity index (χ3n) is 10.8. The van der Waals surface area contributed by atoms with Crippen LogP contribution in [0.3, 0.4) is 0 Å². The molecule has 0 atom stereocenters. The zero-order chi connectivity index (χ0) is 36.2. The van der Waals surface area contributed by atoms with Gasteiger partial charge in [-0.15, -0.1) is 0 Å². The Bertz CT molecular complexity index is 3000. The SMILES string of the molecule is Cc1ccc(-c2ccc3c(c2)c2ccccc2n3-c2ccccc2)cc1-c1c(C)cccc1-c1cccc(-c2nc3ccccn3c2-c2ccccc2)c1. The van der Waals surface area contributed by atoms with Gasteiger partial charge in [0.25, 0.3) is 0 Å². The summed E-state index contributed by atoms with van der Waals surface area (Å²) in [6.07, 6.45) is 2.10. The quantitative estimate of drug-likeness (QED) is 0.170. The molecule has 0 fully saturated rings. The Hall–Kier alpha value is -6.97. The fourth-order valence-corrected chi connectivity index (χ4v) is 8.25. The summed E-state index contributed by atoms with van der Waals surface area (Å²) in [5, 5.41) is 2.51. The number of imidazole rings is 1. The normalized spacial score (nSPS) is 11.5. The van der Waals surface area contributed by atoms with Crippen LogP contribution in [0, 0.1) is 13.8 Å². The summed E-state index contributed by atoms with van der Waals surface area (Å²) < 4.78 is 4.57. The summed E-state index contributed by atoms with van der Waals surface area (Å²) >= 11 is 0. The van der Waals surface area contributed by atoms with E-state index in [-0.39, 0.29) is 0 Å². The van der Waals surface area contributed by atoms with Crippen molar-refractivity contribution in [2.24, 2.45) is 0 Å². The van der Waals surface area contributed by atoms with E-state index in [9.17, 15) is 0 Å². The molecule has 256 valence electrons. The van der Waals surface area contributed by atoms with Crippen molar-refractivity contribution < 1.29 is 0 Å². The van der Waals surface area contributed by atoms with Crippen LogP contribution in [0.5, 0.6) is 0 Å². The molecule has 3 aromatic heterocycles. The molecule has 0 aliphatic rings. The molecule has 0 bridgehead atoms. The highest BCUT2D eigenvalue weighted by Crippen LogP contribution is 2.42. The zero-order valence-corrected chi connectivity index (χ0v) is 30.2. The fraction of sp³-hybridized carbons (Fsp3) is 0.0392. The molecule has 10 rings (SSSR count). The van der Waals surface area contributed by atoms with Gasteiger partial charge in [0.1, 0.15) is 5.65 Å². The monoisotopic (exact) mass is 691 g/mol. The Morgan fingerprint density at radius 1 is 0.426 bits per heavy atom. The lowest BCUT2D eigenvalue weighted by molar-refractivity contribution is 1.18. The lowest BCUT2D eigenvalue weighted by Crippen LogP contribution is -1.94. The fourth-order valence-electron chi connectivity index (χ4n) is 8.25. The van der Waals surface area contributed by atoms with E-state index in [2.05, 4.69) is 205 Å². The van der Waals surface area contributed by atoms with Crippen LogP contribution in [0.2, 0.25) is 0 Å². The predicted molar refractivity (Wildman–Crippen MR) is 226 cm³/mol. The minimum Gasteiger partial charge on any atom is -0.309 e. The summed E-state index contributed by atoms with van der Waals surface area (Å²) in [4.78, 5) is 5.17. The molecule has 0 saturated heterocycles. The maximum absolute atomic E-state index is 5.17. The van der Waals surface area contributed by atoms with Crippen molar-refractivity contribution in [1.82, 2.24) is 14.0 Å². The van der Waals surface area contributed by atoms with E-state index in [0.717, 1.165) is 28.2 Å². The van der Waals surface area contributed by atoms with E-state index in [0.29, 0.717) is 0 Å². The van der Waals surface area contributed by atoms with Gasteiger partial charge in [-0.05, 0) is 113 Å². The molecule has 10 aromatic rings. The van der Waals surface area contributed by atoms with Crippen molar-refractivity contribution >= 4 is 27.5 Å². The lowest BCUT2D eigenvalue weighted by atomic mass is 9.86. The number of aryl methyl sites for hydroxylation is 2. The minimum atomic E-state index is 0.934. The number of rotatable bonds is 6. The third-order valence-corrected chi connectivity index (χ3v) is 10.8. The van der Waals surface area contributed by atoms with Crippen LogP contribution in [0.4, 0.5) is 0 Å². The lowest BCUT2D eigenvalue weighted by Gasteiger charge is -2.18. The van der Waals surface area contributed by atoms with Crippen molar-refractivity contribution in [1.29, 1.82) is 0 Å². The van der Waals surface area contributed by atoms with E-state index in [1.54, 1.807) is 0 Å².